The van der Waals surface area contributed by atoms with Crippen LogP contribution < -0.4 is 5.32 Å². The highest BCUT2D eigenvalue weighted by Crippen LogP contribution is 2.25. The number of nitrogens with zero attached hydrogens (tertiary/aromatic N) is 3. The fraction of sp³-hybridized carbons (Fsp3) is 0.417. The quantitative estimate of drug-likeness (QED) is 0.891. The van der Waals surface area contributed by atoms with E-state index in [1.165, 1.54) is 0 Å². The Bertz CT molecular complexity index is 532. The second kappa shape index (κ2) is 5.14. The number of aryl methyl sites for hydroxylation is 2. The lowest BCUT2D eigenvalue weighted by Gasteiger charge is -2.07. The minimum Gasteiger partial charge on any atom is -0.378 e. The maximum absolute atomic E-state index is 5.14. The van der Waals surface area contributed by atoms with Crippen molar-refractivity contribution in [2.75, 3.05) is 19.5 Å². The molecule has 1 N–H and O–H groups in total. The molecular weight excluding hydrogens is 232 g/mol. The van der Waals surface area contributed by atoms with E-state index in [0.717, 1.165) is 22.8 Å². The Morgan fingerprint density at radius 1 is 1.33 bits per heavy atom. The fourth-order valence-electron chi connectivity index (χ4n) is 1.76. The number of hydrogen-bond donors (Lipinski definition) is 1. The summed E-state index contributed by atoms with van der Waals surface area (Å²) in [5.74, 6) is 2.06. The molecule has 2 aromatic rings. The molecule has 18 heavy (non-hydrogen) atoms. The van der Waals surface area contributed by atoms with E-state index in [-0.39, 0.29) is 0 Å². The Hall–Kier alpha value is -1.95. The normalized spacial score (nSPS) is 10.7. The first-order valence-corrected chi connectivity index (χ1v) is 5.63. The zero-order valence-electron chi connectivity index (χ0n) is 10.9. The molecule has 6 heteroatoms. The molecule has 2 heterocycles. The Morgan fingerprint density at radius 2 is 2.11 bits per heavy atom. The highest BCUT2D eigenvalue weighted by atomic mass is 16.5. The van der Waals surface area contributed by atoms with Gasteiger partial charge in [0.15, 0.2) is 5.82 Å². The van der Waals surface area contributed by atoms with Gasteiger partial charge in [0, 0.05) is 20.2 Å². The van der Waals surface area contributed by atoms with Crippen molar-refractivity contribution in [3.05, 3.63) is 23.2 Å². The maximum Gasteiger partial charge on any atom is 0.167 e. The van der Waals surface area contributed by atoms with Gasteiger partial charge in [-0.2, -0.15) is 0 Å². The van der Waals surface area contributed by atoms with Gasteiger partial charge in [-0.05, 0) is 13.8 Å². The molecule has 2 rings (SSSR count). The molecular formula is C12H16N4O2. The molecule has 0 spiro atoms. The summed E-state index contributed by atoms with van der Waals surface area (Å²) in [5, 5.41) is 6.93. The van der Waals surface area contributed by atoms with Crippen molar-refractivity contribution in [2.24, 2.45) is 0 Å². The second-order valence-corrected chi connectivity index (χ2v) is 3.95. The van der Waals surface area contributed by atoms with Crippen LogP contribution in [0.5, 0.6) is 0 Å². The highest BCUT2D eigenvalue weighted by molar-refractivity contribution is 5.61. The lowest BCUT2D eigenvalue weighted by atomic mass is 10.2. The molecule has 6 nitrogen and oxygen atoms in total. The van der Waals surface area contributed by atoms with Crippen LogP contribution in [-0.4, -0.2) is 29.3 Å². The van der Waals surface area contributed by atoms with Crippen molar-refractivity contribution >= 4 is 5.82 Å². The van der Waals surface area contributed by atoms with Crippen LogP contribution >= 0.6 is 0 Å². The van der Waals surface area contributed by atoms with Crippen LogP contribution in [0.3, 0.4) is 0 Å². The summed E-state index contributed by atoms with van der Waals surface area (Å²) in [7, 11) is 3.45. The van der Waals surface area contributed by atoms with Crippen LogP contribution in [-0.2, 0) is 11.3 Å². The first kappa shape index (κ1) is 12.5. The van der Waals surface area contributed by atoms with E-state index < -0.39 is 0 Å². The van der Waals surface area contributed by atoms with E-state index in [1.807, 2.05) is 27.0 Å². The summed E-state index contributed by atoms with van der Waals surface area (Å²) in [6.07, 6.45) is 0. The molecule has 0 aliphatic carbocycles. The molecule has 0 fully saturated rings. The topological polar surface area (TPSA) is 73.1 Å². The number of anilines is 1. The third kappa shape index (κ3) is 2.33. The summed E-state index contributed by atoms with van der Waals surface area (Å²) in [6, 6.07) is 1.85. The number of nitrogens with one attached hydrogen (secondary N) is 1. The van der Waals surface area contributed by atoms with Crippen LogP contribution in [0.15, 0.2) is 10.6 Å². The standard InChI is InChI=1S/C12H16N4O2/c1-7-11(8(2)18-16-7)12-14-9(6-17-4)5-10(13-3)15-12/h5H,6H2,1-4H3,(H,13,14,15). The molecule has 0 radical (unpaired) electrons. The van der Waals surface area contributed by atoms with Crippen molar-refractivity contribution in [1.29, 1.82) is 0 Å². The van der Waals surface area contributed by atoms with E-state index in [2.05, 4.69) is 20.4 Å². The van der Waals surface area contributed by atoms with Crippen molar-refractivity contribution in [2.45, 2.75) is 20.5 Å². The van der Waals surface area contributed by atoms with Crippen LogP contribution in [0.25, 0.3) is 11.4 Å². The molecule has 0 aliphatic heterocycles. The van der Waals surface area contributed by atoms with Gasteiger partial charge in [-0.1, -0.05) is 5.16 Å². The van der Waals surface area contributed by atoms with Gasteiger partial charge in [-0.3, -0.25) is 0 Å². The Kier molecular flexibility index (Phi) is 3.57. The minimum atomic E-state index is 0.438. The monoisotopic (exact) mass is 248 g/mol. The SMILES string of the molecule is CNc1cc(COC)nc(-c2c(C)noc2C)n1. The van der Waals surface area contributed by atoms with E-state index in [0.29, 0.717) is 18.2 Å². The van der Waals surface area contributed by atoms with Gasteiger partial charge in [0.05, 0.1) is 23.6 Å². The smallest absolute Gasteiger partial charge is 0.167 e. The number of rotatable bonds is 4. The summed E-state index contributed by atoms with van der Waals surface area (Å²) < 4.78 is 10.2. The van der Waals surface area contributed by atoms with Gasteiger partial charge in [-0.25, -0.2) is 9.97 Å². The molecule has 0 amide bonds. The first-order valence-electron chi connectivity index (χ1n) is 5.63. The van der Waals surface area contributed by atoms with E-state index in [9.17, 15) is 0 Å². The zero-order chi connectivity index (χ0) is 13.1. The summed E-state index contributed by atoms with van der Waals surface area (Å²) >= 11 is 0. The van der Waals surface area contributed by atoms with Gasteiger partial charge in [-0.15, -0.1) is 0 Å². The predicted molar refractivity (Wildman–Crippen MR) is 67.3 cm³/mol. The third-order valence-electron chi connectivity index (χ3n) is 2.58. The van der Waals surface area contributed by atoms with Gasteiger partial charge >= 0.3 is 0 Å². The average molecular weight is 248 g/mol. The minimum absolute atomic E-state index is 0.438. The van der Waals surface area contributed by atoms with E-state index >= 15 is 0 Å². The molecule has 0 unspecified atom stereocenters. The fourth-order valence-corrected chi connectivity index (χ4v) is 1.76. The zero-order valence-corrected chi connectivity index (χ0v) is 10.9. The molecule has 0 aromatic carbocycles. The van der Waals surface area contributed by atoms with E-state index in [1.54, 1.807) is 7.11 Å². The average Bonchev–Trinajstić information content (AvgIpc) is 2.69. The van der Waals surface area contributed by atoms with Gasteiger partial charge in [0.2, 0.25) is 0 Å². The number of methoxy groups -OCH3 is 1. The lowest BCUT2D eigenvalue weighted by molar-refractivity contribution is 0.181. The Balaban J connectivity index is 2.53. The van der Waals surface area contributed by atoms with Crippen molar-refractivity contribution < 1.29 is 9.26 Å². The molecule has 0 aliphatic rings. The highest BCUT2D eigenvalue weighted by Gasteiger charge is 2.15. The summed E-state index contributed by atoms with van der Waals surface area (Å²) in [5.41, 5.74) is 2.43. The second-order valence-electron chi connectivity index (χ2n) is 3.95. The first-order chi connectivity index (χ1) is 8.65. The number of hydrogen-bond acceptors (Lipinski definition) is 6. The summed E-state index contributed by atoms with van der Waals surface area (Å²) in [4.78, 5) is 8.88. The van der Waals surface area contributed by atoms with E-state index in [4.69, 9.17) is 9.26 Å². The van der Waals surface area contributed by atoms with Crippen LogP contribution in [0.4, 0.5) is 5.82 Å². The third-order valence-corrected chi connectivity index (χ3v) is 2.58. The lowest BCUT2D eigenvalue weighted by Crippen LogP contribution is -2.02. The van der Waals surface area contributed by atoms with Gasteiger partial charge < -0.3 is 14.6 Å². The van der Waals surface area contributed by atoms with Gasteiger partial charge in [0.1, 0.15) is 11.6 Å². The number of aromatic nitrogens is 3. The van der Waals surface area contributed by atoms with Crippen molar-refractivity contribution in [3.63, 3.8) is 0 Å². The van der Waals surface area contributed by atoms with Crippen LogP contribution in [0.1, 0.15) is 17.1 Å². The number of ether oxygens (including phenoxy) is 1. The van der Waals surface area contributed by atoms with Crippen molar-refractivity contribution in [3.8, 4) is 11.4 Å². The molecule has 0 saturated heterocycles. The molecule has 0 atom stereocenters. The Morgan fingerprint density at radius 3 is 2.67 bits per heavy atom. The molecule has 96 valence electrons. The van der Waals surface area contributed by atoms with Crippen LogP contribution in [0, 0.1) is 13.8 Å². The van der Waals surface area contributed by atoms with Gasteiger partial charge in [0.25, 0.3) is 0 Å². The Labute approximate surface area is 105 Å². The molecule has 0 bridgehead atoms. The van der Waals surface area contributed by atoms with Crippen LogP contribution in [0.2, 0.25) is 0 Å². The molecule has 0 saturated carbocycles. The van der Waals surface area contributed by atoms with Crippen molar-refractivity contribution in [1.82, 2.24) is 15.1 Å². The summed E-state index contributed by atoms with van der Waals surface area (Å²) in [6.45, 7) is 4.16. The maximum atomic E-state index is 5.14. The molecule has 2 aromatic heterocycles. The largest absolute Gasteiger partial charge is 0.378 e. The predicted octanol–water partition coefficient (Wildman–Crippen LogP) is 1.94.